The Morgan fingerprint density at radius 1 is 0.969 bits per heavy atom. The first kappa shape index (κ1) is 21.5. The average molecular weight is 542 g/mol. The number of methoxy groups -OCH3 is 1. The second-order valence-corrected chi connectivity index (χ2v) is 7.99. The Bertz CT molecular complexity index is 1300. The van der Waals surface area contributed by atoms with Crippen LogP contribution in [0.4, 0.5) is 11.4 Å². The summed E-state index contributed by atoms with van der Waals surface area (Å²) in [5.74, 6) is -2.35. The van der Waals surface area contributed by atoms with Crippen LogP contribution in [0.15, 0.2) is 60.7 Å². The van der Waals surface area contributed by atoms with Gasteiger partial charge in [-0.25, -0.2) is 9.69 Å². The van der Waals surface area contributed by atoms with E-state index in [-0.39, 0.29) is 22.3 Å². The fourth-order valence-corrected chi connectivity index (χ4v) is 3.95. The van der Waals surface area contributed by atoms with Gasteiger partial charge in [0.1, 0.15) is 5.75 Å². The summed E-state index contributed by atoms with van der Waals surface area (Å²) < 4.78 is 5.80. The third kappa shape index (κ3) is 3.71. The maximum Gasteiger partial charge on any atom is 0.336 e. The van der Waals surface area contributed by atoms with Gasteiger partial charge in [-0.15, -0.1) is 0 Å². The predicted molar refractivity (Wildman–Crippen MR) is 125 cm³/mol. The summed E-state index contributed by atoms with van der Waals surface area (Å²) in [7, 11) is 1.44. The molecule has 3 aromatic carbocycles. The lowest BCUT2D eigenvalue weighted by atomic mass is 10.1. The molecule has 0 unspecified atom stereocenters. The summed E-state index contributed by atoms with van der Waals surface area (Å²) in [4.78, 5) is 51.0. The second kappa shape index (κ2) is 8.42. The summed E-state index contributed by atoms with van der Waals surface area (Å²) in [6, 6.07) is 15.4. The zero-order valence-corrected chi connectivity index (χ0v) is 18.7. The Labute approximate surface area is 195 Å². The number of aromatic carboxylic acids is 1. The van der Waals surface area contributed by atoms with Gasteiger partial charge in [-0.05, 0) is 71.1 Å². The summed E-state index contributed by atoms with van der Waals surface area (Å²) in [5, 5.41) is 11.9. The first-order valence-corrected chi connectivity index (χ1v) is 10.4. The van der Waals surface area contributed by atoms with Crippen LogP contribution in [0.1, 0.15) is 41.4 Å². The van der Waals surface area contributed by atoms with Crippen molar-refractivity contribution >= 4 is 57.7 Å². The van der Waals surface area contributed by atoms with E-state index in [0.29, 0.717) is 20.7 Å². The molecule has 0 atom stereocenters. The van der Waals surface area contributed by atoms with Crippen LogP contribution in [0.25, 0.3) is 0 Å². The SMILES string of the molecule is COc1ccccc1N1C(=O)c2ccc(C(=O)Nc3ccc(I)c(C(=O)O)c3)cc2C1=O. The van der Waals surface area contributed by atoms with Gasteiger partial charge in [-0.3, -0.25) is 14.4 Å². The standard InChI is InChI=1S/C23H15IN2O6/c1-32-19-5-3-2-4-18(19)26-21(28)14-8-6-12(10-15(14)22(26)29)20(27)25-13-7-9-17(24)16(11-13)23(30)31/h2-11H,1H3,(H,25,27)(H,30,31). The molecular formula is C23H15IN2O6. The first-order valence-electron chi connectivity index (χ1n) is 9.32. The summed E-state index contributed by atoms with van der Waals surface area (Å²) >= 11 is 1.90. The maximum atomic E-state index is 13.0. The van der Waals surface area contributed by atoms with E-state index in [1.54, 1.807) is 36.4 Å². The topological polar surface area (TPSA) is 113 Å². The number of nitrogens with zero attached hydrogens (tertiary/aromatic N) is 1. The second-order valence-electron chi connectivity index (χ2n) is 6.83. The van der Waals surface area contributed by atoms with Gasteiger partial charge >= 0.3 is 5.97 Å². The van der Waals surface area contributed by atoms with Crippen molar-refractivity contribution in [3.05, 3.63) is 86.5 Å². The molecule has 0 bridgehead atoms. The number of amides is 3. The fraction of sp³-hybridized carbons (Fsp3) is 0.0435. The van der Waals surface area contributed by atoms with Gasteiger partial charge in [0.25, 0.3) is 17.7 Å². The number of anilines is 2. The number of carboxylic acids is 1. The molecule has 0 aromatic heterocycles. The number of nitrogens with one attached hydrogen (secondary N) is 1. The zero-order chi connectivity index (χ0) is 23.0. The summed E-state index contributed by atoms with van der Waals surface area (Å²) in [6.07, 6.45) is 0. The van der Waals surface area contributed by atoms with Gasteiger partial charge in [0, 0.05) is 14.8 Å². The molecule has 0 radical (unpaired) electrons. The Balaban J connectivity index is 1.64. The Hall–Kier alpha value is -3.73. The molecule has 0 saturated carbocycles. The number of carbonyl (C=O) groups is 4. The van der Waals surface area contributed by atoms with Crippen molar-refractivity contribution in [1.82, 2.24) is 0 Å². The minimum absolute atomic E-state index is 0.0607. The van der Waals surface area contributed by atoms with Crippen LogP contribution in [-0.4, -0.2) is 35.9 Å². The third-order valence-electron chi connectivity index (χ3n) is 4.93. The number of rotatable bonds is 5. The number of halogens is 1. The highest BCUT2D eigenvalue weighted by molar-refractivity contribution is 14.1. The quantitative estimate of drug-likeness (QED) is 0.372. The molecule has 2 N–H and O–H groups in total. The van der Waals surface area contributed by atoms with E-state index in [1.807, 2.05) is 22.6 Å². The van der Waals surface area contributed by atoms with Gasteiger partial charge in [0.15, 0.2) is 0 Å². The number of imide groups is 1. The monoisotopic (exact) mass is 542 g/mol. The van der Waals surface area contributed by atoms with Gasteiger partial charge in [0.05, 0.1) is 29.5 Å². The molecule has 4 rings (SSSR count). The molecule has 160 valence electrons. The van der Waals surface area contributed by atoms with Gasteiger partial charge in [-0.1, -0.05) is 12.1 Å². The molecule has 32 heavy (non-hydrogen) atoms. The number of benzene rings is 3. The molecule has 1 aliphatic rings. The van der Waals surface area contributed by atoms with Crippen molar-refractivity contribution in [1.29, 1.82) is 0 Å². The highest BCUT2D eigenvalue weighted by Crippen LogP contribution is 2.35. The van der Waals surface area contributed by atoms with Gasteiger partial charge in [0.2, 0.25) is 0 Å². The Morgan fingerprint density at radius 3 is 2.41 bits per heavy atom. The molecule has 1 heterocycles. The fourth-order valence-electron chi connectivity index (χ4n) is 3.39. The van der Waals surface area contributed by atoms with Crippen molar-refractivity contribution in [2.24, 2.45) is 0 Å². The van der Waals surface area contributed by atoms with E-state index in [4.69, 9.17) is 4.74 Å². The molecule has 0 saturated heterocycles. The van der Waals surface area contributed by atoms with E-state index >= 15 is 0 Å². The van der Waals surface area contributed by atoms with Crippen LogP contribution in [0.3, 0.4) is 0 Å². The number of hydrogen-bond acceptors (Lipinski definition) is 5. The number of hydrogen-bond donors (Lipinski definition) is 2. The number of fused-ring (bicyclic) bond motifs is 1. The molecular weight excluding hydrogens is 527 g/mol. The van der Waals surface area contributed by atoms with Crippen LogP contribution in [0.2, 0.25) is 0 Å². The lowest BCUT2D eigenvalue weighted by Crippen LogP contribution is -2.29. The molecule has 0 aliphatic carbocycles. The minimum Gasteiger partial charge on any atom is -0.495 e. The molecule has 1 aliphatic heterocycles. The van der Waals surface area contributed by atoms with Crippen LogP contribution < -0.4 is 15.0 Å². The van der Waals surface area contributed by atoms with Crippen LogP contribution in [-0.2, 0) is 0 Å². The summed E-state index contributed by atoms with van der Waals surface area (Å²) in [5.41, 5.74) is 1.11. The number of carboxylic acid groups (broad SMARTS) is 1. The molecule has 3 aromatic rings. The van der Waals surface area contributed by atoms with Crippen molar-refractivity contribution in [3.63, 3.8) is 0 Å². The summed E-state index contributed by atoms with van der Waals surface area (Å²) in [6.45, 7) is 0. The van der Waals surface area contributed by atoms with Crippen molar-refractivity contribution < 1.29 is 29.0 Å². The zero-order valence-electron chi connectivity index (χ0n) is 16.6. The lowest BCUT2D eigenvalue weighted by molar-refractivity contribution is 0.0694. The van der Waals surface area contributed by atoms with E-state index < -0.39 is 23.7 Å². The van der Waals surface area contributed by atoms with Gasteiger partial charge < -0.3 is 15.2 Å². The van der Waals surface area contributed by atoms with Crippen LogP contribution in [0, 0.1) is 3.57 Å². The van der Waals surface area contributed by atoms with Crippen LogP contribution in [0.5, 0.6) is 5.75 Å². The number of carbonyl (C=O) groups excluding carboxylic acids is 3. The average Bonchev–Trinajstić information content (AvgIpc) is 3.04. The lowest BCUT2D eigenvalue weighted by Gasteiger charge is -2.16. The van der Waals surface area contributed by atoms with E-state index in [0.717, 1.165) is 4.90 Å². The number of para-hydroxylation sites is 2. The van der Waals surface area contributed by atoms with E-state index in [9.17, 15) is 24.3 Å². The Kier molecular flexibility index (Phi) is 5.66. The van der Waals surface area contributed by atoms with Gasteiger partial charge in [-0.2, -0.15) is 0 Å². The van der Waals surface area contributed by atoms with E-state index in [2.05, 4.69) is 5.32 Å². The predicted octanol–water partition coefficient (Wildman–Crippen LogP) is 4.05. The molecule has 9 heteroatoms. The smallest absolute Gasteiger partial charge is 0.336 e. The highest BCUT2D eigenvalue weighted by Gasteiger charge is 2.38. The third-order valence-corrected chi connectivity index (χ3v) is 5.87. The maximum absolute atomic E-state index is 13.0. The van der Waals surface area contributed by atoms with E-state index in [1.165, 1.54) is 31.4 Å². The first-order chi connectivity index (χ1) is 15.3. The highest BCUT2D eigenvalue weighted by atomic mass is 127. The molecule has 8 nitrogen and oxygen atoms in total. The number of ether oxygens (including phenoxy) is 1. The Morgan fingerprint density at radius 2 is 1.69 bits per heavy atom. The molecule has 0 spiro atoms. The largest absolute Gasteiger partial charge is 0.495 e. The molecule has 0 fully saturated rings. The van der Waals surface area contributed by atoms with Crippen molar-refractivity contribution in [2.75, 3.05) is 17.3 Å². The van der Waals surface area contributed by atoms with Crippen molar-refractivity contribution in [3.8, 4) is 5.75 Å². The molecule has 3 amide bonds. The van der Waals surface area contributed by atoms with Crippen molar-refractivity contribution in [2.45, 2.75) is 0 Å². The normalized spacial score (nSPS) is 12.5. The minimum atomic E-state index is -1.11. The van der Waals surface area contributed by atoms with Crippen LogP contribution >= 0.6 is 22.6 Å².